The van der Waals surface area contributed by atoms with Crippen molar-refractivity contribution in [1.82, 2.24) is 10.2 Å². The first-order valence-corrected chi connectivity index (χ1v) is 3.80. The van der Waals surface area contributed by atoms with Gasteiger partial charge in [0.1, 0.15) is 5.82 Å². The third kappa shape index (κ3) is 0.826. The molecule has 0 aliphatic heterocycles. The molecule has 0 saturated carbocycles. The summed E-state index contributed by atoms with van der Waals surface area (Å²) >= 11 is 0. The first-order valence-electron chi connectivity index (χ1n) is 3.80. The summed E-state index contributed by atoms with van der Waals surface area (Å²) < 4.78 is 13.1. The molecule has 0 fully saturated rings. The summed E-state index contributed by atoms with van der Waals surface area (Å²) in [5.74, 6) is -0.174. The van der Waals surface area contributed by atoms with Crippen molar-refractivity contribution in [2.45, 2.75) is 13.8 Å². The number of aromatic nitrogens is 2. The zero-order chi connectivity index (χ0) is 8.72. The van der Waals surface area contributed by atoms with Gasteiger partial charge in [0.2, 0.25) is 0 Å². The molecule has 0 bridgehead atoms. The lowest BCUT2D eigenvalue weighted by atomic mass is 10.1. The lowest BCUT2D eigenvalue weighted by molar-refractivity contribution is 0.621. The molecular formula is C9H9FN2. The fourth-order valence-electron chi connectivity index (χ4n) is 1.45. The number of fused-ring (bicyclic) bond motifs is 1. The maximum absolute atomic E-state index is 13.1. The first kappa shape index (κ1) is 7.28. The average Bonchev–Trinajstić information content (AvgIpc) is 2.41. The first-order chi connectivity index (χ1) is 5.70. The van der Waals surface area contributed by atoms with E-state index in [1.54, 1.807) is 13.0 Å². The highest BCUT2D eigenvalue weighted by Gasteiger charge is 2.07. The standard InChI is InChI=1S/C9H9FN2/c1-5-7(10)3-4-8-9(5)6(2)11-12-8/h3-4H,1-2H3,(H,11,12). The molecule has 12 heavy (non-hydrogen) atoms. The van der Waals surface area contributed by atoms with Crippen molar-refractivity contribution < 1.29 is 4.39 Å². The Morgan fingerprint density at radius 3 is 2.83 bits per heavy atom. The fraction of sp³-hybridized carbons (Fsp3) is 0.222. The van der Waals surface area contributed by atoms with Crippen LogP contribution in [0.1, 0.15) is 11.3 Å². The van der Waals surface area contributed by atoms with Gasteiger partial charge in [0, 0.05) is 5.39 Å². The van der Waals surface area contributed by atoms with Gasteiger partial charge in [-0.25, -0.2) is 4.39 Å². The van der Waals surface area contributed by atoms with E-state index in [4.69, 9.17) is 0 Å². The van der Waals surface area contributed by atoms with Gasteiger partial charge >= 0.3 is 0 Å². The Labute approximate surface area is 69.4 Å². The number of H-pyrrole nitrogens is 1. The van der Waals surface area contributed by atoms with Crippen LogP contribution in [0.4, 0.5) is 4.39 Å². The zero-order valence-corrected chi connectivity index (χ0v) is 6.98. The van der Waals surface area contributed by atoms with E-state index in [1.807, 2.05) is 6.92 Å². The molecule has 0 amide bonds. The molecule has 1 aromatic heterocycles. The lowest BCUT2D eigenvalue weighted by Crippen LogP contribution is -1.83. The van der Waals surface area contributed by atoms with Crippen molar-refractivity contribution in [3.63, 3.8) is 0 Å². The van der Waals surface area contributed by atoms with E-state index in [0.717, 1.165) is 16.6 Å². The minimum absolute atomic E-state index is 0.174. The molecule has 2 rings (SSSR count). The van der Waals surface area contributed by atoms with E-state index in [1.165, 1.54) is 6.07 Å². The minimum Gasteiger partial charge on any atom is -0.278 e. The summed E-state index contributed by atoms with van der Waals surface area (Å²) in [4.78, 5) is 0. The van der Waals surface area contributed by atoms with Crippen LogP contribution in [0.2, 0.25) is 0 Å². The predicted octanol–water partition coefficient (Wildman–Crippen LogP) is 2.32. The number of aromatic amines is 1. The number of hydrogen-bond acceptors (Lipinski definition) is 1. The van der Waals surface area contributed by atoms with Crippen molar-refractivity contribution in [3.05, 3.63) is 29.2 Å². The highest BCUT2D eigenvalue weighted by atomic mass is 19.1. The van der Waals surface area contributed by atoms with Crippen LogP contribution in [0.3, 0.4) is 0 Å². The summed E-state index contributed by atoms with van der Waals surface area (Å²) in [5.41, 5.74) is 2.41. The van der Waals surface area contributed by atoms with Crippen LogP contribution in [0.25, 0.3) is 10.9 Å². The van der Waals surface area contributed by atoms with Crippen LogP contribution < -0.4 is 0 Å². The van der Waals surface area contributed by atoms with Gasteiger partial charge in [-0.1, -0.05) is 0 Å². The van der Waals surface area contributed by atoms with E-state index in [-0.39, 0.29) is 5.82 Å². The van der Waals surface area contributed by atoms with Gasteiger partial charge in [-0.2, -0.15) is 5.10 Å². The van der Waals surface area contributed by atoms with E-state index in [2.05, 4.69) is 10.2 Å². The number of benzene rings is 1. The van der Waals surface area contributed by atoms with Crippen LogP contribution in [0, 0.1) is 19.7 Å². The predicted molar refractivity (Wildman–Crippen MR) is 45.5 cm³/mol. The average molecular weight is 164 g/mol. The van der Waals surface area contributed by atoms with Crippen molar-refractivity contribution in [3.8, 4) is 0 Å². The fourth-order valence-corrected chi connectivity index (χ4v) is 1.45. The van der Waals surface area contributed by atoms with Crippen molar-refractivity contribution in [2.75, 3.05) is 0 Å². The monoisotopic (exact) mass is 164 g/mol. The van der Waals surface area contributed by atoms with Gasteiger partial charge in [-0.15, -0.1) is 0 Å². The van der Waals surface area contributed by atoms with E-state index in [0.29, 0.717) is 5.56 Å². The second-order valence-electron chi connectivity index (χ2n) is 2.90. The van der Waals surface area contributed by atoms with E-state index < -0.39 is 0 Å². The van der Waals surface area contributed by atoms with Gasteiger partial charge < -0.3 is 0 Å². The number of nitrogens with zero attached hydrogens (tertiary/aromatic N) is 1. The van der Waals surface area contributed by atoms with Crippen molar-refractivity contribution in [1.29, 1.82) is 0 Å². The molecule has 0 aliphatic carbocycles. The molecule has 0 spiro atoms. The smallest absolute Gasteiger partial charge is 0.126 e. The molecule has 0 radical (unpaired) electrons. The van der Waals surface area contributed by atoms with Crippen LogP contribution in [0.5, 0.6) is 0 Å². The van der Waals surface area contributed by atoms with Gasteiger partial charge in [0.25, 0.3) is 0 Å². The van der Waals surface area contributed by atoms with Gasteiger partial charge in [-0.05, 0) is 31.5 Å². The zero-order valence-electron chi connectivity index (χ0n) is 6.98. The molecule has 1 N–H and O–H groups in total. The summed E-state index contributed by atoms with van der Waals surface area (Å²) in [7, 11) is 0. The number of rotatable bonds is 0. The SMILES string of the molecule is Cc1n[nH]c2ccc(F)c(C)c12. The Kier molecular flexibility index (Phi) is 1.40. The number of hydrogen-bond donors (Lipinski definition) is 1. The highest BCUT2D eigenvalue weighted by molar-refractivity contribution is 5.84. The number of aryl methyl sites for hydroxylation is 2. The molecule has 2 nitrogen and oxygen atoms in total. The molecule has 1 aromatic carbocycles. The molecule has 0 saturated heterocycles. The Hall–Kier alpha value is -1.38. The maximum Gasteiger partial charge on any atom is 0.126 e. The normalized spacial score (nSPS) is 10.9. The minimum atomic E-state index is -0.174. The van der Waals surface area contributed by atoms with Gasteiger partial charge in [-0.3, -0.25) is 5.10 Å². The second-order valence-corrected chi connectivity index (χ2v) is 2.90. The Morgan fingerprint density at radius 1 is 1.33 bits per heavy atom. The molecule has 0 unspecified atom stereocenters. The summed E-state index contributed by atoms with van der Waals surface area (Å²) in [6.45, 7) is 3.63. The lowest BCUT2D eigenvalue weighted by Gasteiger charge is -1.97. The van der Waals surface area contributed by atoms with Crippen LogP contribution >= 0.6 is 0 Å². The molecule has 0 aliphatic rings. The van der Waals surface area contributed by atoms with E-state index >= 15 is 0 Å². The third-order valence-electron chi connectivity index (χ3n) is 2.10. The van der Waals surface area contributed by atoms with Crippen molar-refractivity contribution >= 4 is 10.9 Å². The Morgan fingerprint density at radius 2 is 2.08 bits per heavy atom. The number of nitrogens with one attached hydrogen (secondary N) is 1. The maximum atomic E-state index is 13.1. The third-order valence-corrected chi connectivity index (χ3v) is 2.10. The quantitative estimate of drug-likeness (QED) is 0.636. The topological polar surface area (TPSA) is 28.7 Å². The second kappa shape index (κ2) is 2.30. The Balaban J connectivity index is 2.96. The molecular weight excluding hydrogens is 155 g/mol. The molecule has 3 heteroatoms. The summed E-state index contributed by atoms with van der Waals surface area (Å²) in [5, 5.41) is 7.74. The van der Waals surface area contributed by atoms with E-state index in [9.17, 15) is 4.39 Å². The summed E-state index contributed by atoms with van der Waals surface area (Å²) in [6, 6.07) is 3.16. The van der Waals surface area contributed by atoms with Gasteiger partial charge in [0.15, 0.2) is 0 Å². The van der Waals surface area contributed by atoms with Crippen molar-refractivity contribution in [2.24, 2.45) is 0 Å². The summed E-state index contributed by atoms with van der Waals surface area (Å²) in [6.07, 6.45) is 0. The molecule has 62 valence electrons. The molecule has 1 heterocycles. The molecule has 0 atom stereocenters. The molecule has 2 aromatic rings. The number of halogens is 1. The van der Waals surface area contributed by atoms with Crippen LogP contribution in [0.15, 0.2) is 12.1 Å². The highest BCUT2D eigenvalue weighted by Crippen LogP contribution is 2.21. The Bertz CT molecular complexity index is 431. The van der Waals surface area contributed by atoms with Crippen LogP contribution in [-0.2, 0) is 0 Å². The largest absolute Gasteiger partial charge is 0.278 e. The van der Waals surface area contributed by atoms with Gasteiger partial charge in [0.05, 0.1) is 11.2 Å². The van der Waals surface area contributed by atoms with Crippen LogP contribution in [-0.4, -0.2) is 10.2 Å².